The van der Waals surface area contributed by atoms with Gasteiger partial charge in [0.05, 0.1) is 23.1 Å². The normalized spacial score (nSPS) is 25.5. The van der Waals surface area contributed by atoms with Gasteiger partial charge in [0.25, 0.3) is 5.91 Å². The summed E-state index contributed by atoms with van der Waals surface area (Å²) < 4.78 is 0. The van der Waals surface area contributed by atoms with Gasteiger partial charge in [-0.2, -0.15) is 5.26 Å². The highest BCUT2D eigenvalue weighted by atomic mass is 16.4. The average molecular weight is 327 g/mol. The van der Waals surface area contributed by atoms with Gasteiger partial charge in [0.2, 0.25) is 5.91 Å². The number of carbonyl (C=O) groups excluding carboxylic acids is 2. The molecule has 2 aliphatic heterocycles. The van der Waals surface area contributed by atoms with E-state index >= 15 is 0 Å². The lowest BCUT2D eigenvalue weighted by atomic mass is 9.81. The van der Waals surface area contributed by atoms with Crippen LogP contribution in [0.5, 0.6) is 0 Å². The summed E-state index contributed by atoms with van der Waals surface area (Å²) in [5.74, 6) is -2.41. The number of aliphatic carboxylic acids is 1. The molecule has 124 valence electrons. The fourth-order valence-corrected chi connectivity index (χ4v) is 3.67. The Morgan fingerprint density at radius 1 is 1.38 bits per heavy atom. The standard InChI is InChI=1S/C17H17N3O4/c1-2-19-9-17(16(23)24)10-20(8-13(17)15(19)22)14(21)12-6-4-3-5-11(12)7-18/h3-6,13H,2,8-10H2,1H3,(H,23,24)/t13-,17+/m0/s1. The van der Waals surface area contributed by atoms with Gasteiger partial charge in [0, 0.05) is 26.2 Å². The number of hydrogen-bond donors (Lipinski definition) is 1. The maximum Gasteiger partial charge on any atom is 0.314 e. The number of carboxylic acids is 1. The minimum Gasteiger partial charge on any atom is -0.481 e. The molecule has 24 heavy (non-hydrogen) atoms. The molecule has 2 saturated heterocycles. The van der Waals surface area contributed by atoms with E-state index in [1.807, 2.05) is 6.07 Å². The summed E-state index contributed by atoms with van der Waals surface area (Å²) in [5, 5.41) is 18.9. The zero-order valence-corrected chi connectivity index (χ0v) is 13.2. The molecule has 2 atom stereocenters. The molecule has 0 spiro atoms. The number of nitriles is 1. The molecule has 7 nitrogen and oxygen atoms in total. The largest absolute Gasteiger partial charge is 0.481 e. The van der Waals surface area contributed by atoms with Crippen molar-refractivity contribution in [2.75, 3.05) is 26.2 Å². The van der Waals surface area contributed by atoms with E-state index in [-0.39, 0.29) is 36.7 Å². The molecule has 0 unspecified atom stereocenters. The van der Waals surface area contributed by atoms with Gasteiger partial charge in [0.1, 0.15) is 5.41 Å². The number of likely N-dealkylation sites (tertiary alicyclic amines) is 2. The lowest BCUT2D eigenvalue weighted by Crippen LogP contribution is -2.42. The minimum absolute atomic E-state index is 0.0200. The topological polar surface area (TPSA) is 102 Å². The summed E-state index contributed by atoms with van der Waals surface area (Å²) in [6.07, 6.45) is 0. The molecule has 2 aliphatic rings. The van der Waals surface area contributed by atoms with Crippen molar-refractivity contribution >= 4 is 17.8 Å². The van der Waals surface area contributed by atoms with Crippen molar-refractivity contribution in [1.29, 1.82) is 5.26 Å². The van der Waals surface area contributed by atoms with Gasteiger partial charge in [-0.1, -0.05) is 12.1 Å². The van der Waals surface area contributed by atoms with E-state index in [1.165, 1.54) is 9.80 Å². The quantitative estimate of drug-likeness (QED) is 0.874. The molecular formula is C17H17N3O4. The van der Waals surface area contributed by atoms with E-state index in [4.69, 9.17) is 5.26 Å². The Labute approximate surface area is 139 Å². The molecule has 3 rings (SSSR count). The van der Waals surface area contributed by atoms with Crippen LogP contribution in [0.15, 0.2) is 24.3 Å². The van der Waals surface area contributed by atoms with Crippen molar-refractivity contribution in [2.45, 2.75) is 6.92 Å². The van der Waals surface area contributed by atoms with Gasteiger partial charge in [-0.3, -0.25) is 14.4 Å². The predicted octanol–water partition coefficient (Wildman–Crippen LogP) is 0.563. The fraction of sp³-hybridized carbons (Fsp3) is 0.412. The maximum atomic E-state index is 12.7. The van der Waals surface area contributed by atoms with Crippen molar-refractivity contribution in [2.24, 2.45) is 11.3 Å². The van der Waals surface area contributed by atoms with Crippen molar-refractivity contribution in [1.82, 2.24) is 9.80 Å². The first-order valence-electron chi connectivity index (χ1n) is 7.75. The highest BCUT2D eigenvalue weighted by molar-refractivity contribution is 5.99. The van der Waals surface area contributed by atoms with Crippen molar-refractivity contribution in [3.8, 4) is 6.07 Å². The third-order valence-corrected chi connectivity index (χ3v) is 5.00. The van der Waals surface area contributed by atoms with Crippen LogP contribution in [0.4, 0.5) is 0 Å². The molecular weight excluding hydrogens is 310 g/mol. The second-order valence-corrected chi connectivity index (χ2v) is 6.21. The van der Waals surface area contributed by atoms with E-state index in [1.54, 1.807) is 31.2 Å². The Morgan fingerprint density at radius 2 is 2.08 bits per heavy atom. The van der Waals surface area contributed by atoms with Crippen LogP contribution in [0.1, 0.15) is 22.8 Å². The number of hydrogen-bond acceptors (Lipinski definition) is 4. The van der Waals surface area contributed by atoms with Gasteiger partial charge in [-0.15, -0.1) is 0 Å². The molecule has 1 N–H and O–H groups in total. The second-order valence-electron chi connectivity index (χ2n) is 6.21. The van der Waals surface area contributed by atoms with E-state index < -0.39 is 23.2 Å². The number of fused-ring (bicyclic) bond motifs is 1. The summed E-state index contributed by atoms with van der Waals surface area (Å²) in [5.41, 5.74) is -0.782. The summed E-state index contributed by atoms with van der Waals surface area (Å²) in [6, 6.07) is 8.37. The first-order chi connectivity index (χ1) is 11.4. The Bertz CT molecular complexity index is 769. The summed E-state index contributed by atoms with van der Waals surface area (Å²) in [4.78, 5) is 40.0. The van der Waals surface area contributed by atoms with Crippen LogP contribution < -0.4 is 0 Å². The number of amides is 2. The Balaban J connectivity index is 1.92. The molecule has 2 fully saturated rings. The Morgan fingerprint density at radius 3 is 2.67 bits per heavy atom. The molecule has 7 heteroatoms. The van der Waals surface area contributed by atoms with Crippen LogP contribution in [0.25, 0.3) is 0 Å². The van der Waals surface area contributed by atoms with Gasteiger partial charge in [-0.25, -0.2) is 0 Å². The molecule has 2 heterocycles. The molecule has 0 saturated carbocycles. The summed E-state index contributed by atoms with van der Waals surface area (Å²) in [7, 11) is 0. The third kappa shape index (κ3) is 2.14. The number of rotatable bonds is 3. The third-order valence-electron chi connectivity index (χ3n) is 5.00. The van der Waals surface area contributed by atoms with Crippen LogP contribution in [-0.2, 0) is 9.59 Å². The van der Waals surface area contributed by atoms with E-state index in [2.05, 4.69) is 0 Å². The summed E-state index contributed by atoms with van der Waals surface area (Å²) >= 11 is 0. The van der Waals surface area contributed by atoms with Gasteiger partial charge in [0.15, 0.2) is 0 Å². The van der Waals surface area contributed by atoms with Gasteiger partial charge < -0.3 is 14.9 Å². The van der Waals surface area contributed by atoms with Crippen LogP contribution in [-0.4, -0.2) is 58.9 Å². The molecule has 1 aromatic carbocycles. The van der Waals surface area contributed by atoms with E-state index in [9.17, 15) is 19.5 Å². The van der Waals surface area contributed by atoms with Crippen LogP contribution in [0.2, 0.25) is 0 Å². The molecule has 2 amide bonds. The Kier molecular flexibility index (Phi) is 3.76. The highest BCUT2D eigenvalue weighted by Gasteiger charge is 2.62. The van der Waals surface area contributed by atoms with Crippen molar-refractivity contribution in [3.05, 3.63) is 35.4 Å². The van der Waals surface area contributed by atoms with Crippen LogP contribution >= 0.6 is 0 Å². The van der Waals surface area contributed by atoms with Crippen molar-refractivity contribution < 1.29 is 19.5 Å². The molecule has 0 aliphatic carbocycles. The molecule has 0 radical (unpaired) electrons. The van der Waals surface area contributed by atoms with E-state index in [0.717, 1.165) is 0 Å². The first-order valence-corrected chi connectivity index (χ1v) is 7.75. The fourth-order valence-electron chi connectivity index (χ4n) is 3.67. The maximum absolute atomic E-state index is 12.7. The number of carbonyl (C=O) groups is 3. The van der Waals surface area contributed by atoms with Crippen LogP contribution in [0.3, 0.4) is 0 Å². The molecule has 0 bridgehead atoms. The van der Waals surface area contributed by atoms with Crippen molar-refractivity contribution in [3.63, 3.8) is 0 Å². The summed E-state index contributed by atoms with van der Waals surface area (Å²) in [6.45, 7) is 2.43. The lowest BCUT2D eigenvalue weighted by Gasteiger charge is -2.24. The monoisotopic (exact) mass is 327 g/mol. The lowest BCUT2D eigenvalue weighted by molar-refractivity contribution is -0.149. The van der Waals surface area contributed by atoms with Gasteiger partial charge in [-0.05, 0) is 19.1 Å². The zero-order valence-electron chi connectivity index (χ0n) is 13.2. The predicted molar refractivity (Wildman–Crippen MR) is 82.9 cm³/mol. The average Bonchev–Trinajstić information content (AvgIpc) is 3.10. The van der Waals surface area contributed by atoms with E-state index in [0.29, 0.717) is 6.54 Å². The first kappa shape index (κ1) is 16.0. The molecule has 0 aromatic heterocycles. The number of benzene rings is 1. The SMILES string of the molecule is CCN1C[C@@]2(C(=O)O)CN(C(=O)c3ccccc3C#N)C[C@H]2C1=O. The van der Waals surface area contributed by atoms with Crippen LogP contribution in [0, 0.1) is 22.7 Å². The number of nitrogens with zero attached hydrogens (tertiary/aromatic N) is 3. The smallest absolute Gasteiger partial charge is 0.314 e. The Hall–Kier alpha value is -2.88. The minimum atomic E-state index is -1.26. The number of carboxylic acid groups (broad SMARTS) is 1. The van der Waals surface area contributed by atoms with Gasteiger partial charge >= 0.3 is 5.97 Å². The highest BCUT2D eigenvalue weighted by Crippen LogP contribution is 2.44. The second kappa shape index (κ2) is 5.64. The zero-order chi connectivity index (χ0) is 17.5. The molecule has 1 aromatic rings.